The van der Waals surface area contributed by atoms with E-state index in [-0.39, 0.29) is 17.2 Å². The highest BCUT2D eigenvalue weighted by Gasteiger charge is 2.28. The predicted octanol–water partition coefficient (Wildman–Crippen LogP) is 3.55. The molecule has 0 radical (unpaired) electrons. The number of piperazine rings is 1. The van der Waals surface area contributed by atoms with Crippen LogP contribution in [0.25, 0.3) is 11.1 Å². The summed E-state index contributed by atoms with van der Waals surface area (Å²) in [4.78, 5) is 30.4. The quantitative estimate of drug-likeness (QED) is 0.287. The summed E-state index contributed by atoms with van der Waals surface area (Å²) in [6.45, 7) is 7.09. The number of amides is 2. The van der Waals surface area contributed by atoms with Crippen molar-refractivity contribution in [2.75, 3.05) is 49.2 Å². The third-order valence-electron chi connectivity index (χ3n) is 6.81. The van der Waals surface area contributed by atoms with Gasteiger partial charge in [0.1, 0.15) is 11.3 Å². The molecule has 198 valence electrons. The van der Waals surface area contributed by atoms with E-state index in [0.717, 1.165) is 31.9 Å². The first kappa shape index (κ1) is 25.3. The fourth-order valence-electron chi connectivity index (χ4n) is 4.59. The number of fused-ring (bicyclic) bond motifs is 1. The molecule has 2 amide bonds. The molecule has 0 bridgehead atoms. The SMILES string of the molecule is CN1CCN(c2ccc(C(=O)Nc3n[nH]c4cc(C(=O)NC(C)(C)c5ccccc5F)oc34)c(N)c2)CC1. The third-order valence-corrected chi connectivity index (χ3v) is 6.81. The van der Waals surface area contributed by atoms with Crippen LogP contribution in [-0.2, 0) is 5.54 Å². The zero-order chi connectivity index (χ0) is 27.0. The number of benzene rings is 2. The summed E-state index contributed by atoms with van der Waals surface area (Å²) in [6, 6.07) is 13.1. The molecule has 1 saturated heterocycles. The van der Waals surface area contributed by atoms with Gasteiger partial charge in [-0.15, -0.1) is 0 Å². The van der Waals surface area contributed by atoms with E-state index >= 15 is 0 Å². The van der Waals surface area contributed by atoms with Crippen molar-refractivity contribution < 1.29 is 18.4 Å². The average Bonchev–Trinajstić information content (AvgIpc) is 3.46. The number of nitrogens with one attached hydrogen (secondary N) is 3. The van der Waals surface area contributed by atoms with Gasteiger partial charge in [0.25, 0.3) is 11.8 Å². The van der Waals surface area contributed by atoms with Gasteiger partial charge in [-0.1, -0.05) is 18.2 Å². The summed E-state index contributed by atoms with van der Waals surface area (Å²) in [5.41, 5.74) is 7.83. The molecule has 4 aromatic rings. The number of nitrogens with zero attached hydrogens (tertiary/aromatic N) is 3. The molecule has 3 heterocycles. The van der Waals surface area contributed by atoms with Crippen LogP contribution in [0.1, 0.15) is 40.3 Å². The number of halogens is 1. The lowest BCUT2D eigenvalue weighted by Crippen LogP contribution is -2.44. The molecule has 1 aliphatic heterocycles. The van der Waals surface area contributed by atoms with Crippen LogP contribution in [0.5, 0.6) is 0 Å². The van der Waals surface area contributed by atoms with Gasteiger partial charge in [0.05, 0.1) is 11.1 Å². The Morgan fingerprint density at radius 2 is 1.82 bits per heavy atom. The minimum absolute atomic E-state index is 0.00962. The van der Waals surface area contributed by atoms with Gasteiger partial charge in [-0.05, 0) is 45.2 Å². The standard InChI is InChI=1S/C27H30FN7O3/c1-27(2,18-6-4-5-7-19(18)28)31-26(37)22-15-21-23(38-22)24(33-32-21)30-25(36)17-9-8-16(14-20(17)29)35-12-10-34(3)11-13-35/h4-9,14-15H,10-13,29H2,1-3H3,(H,31,37)(H2,30,32,33,36). The molecule has 1 aliphatic rings. The van der Waals surface area contributed by atoms with E-state index in [1.165, 1.54) is 12.1 Å². The highest BCUT2D eigenvalue weighted by Crippen LogP contribution is 2.28. The average molecular weight is 520 g/mol. The molecule has 0 spiro atoms. The van der Waals surface area contributed by atoms with Crippen molar-refractivity contribution in [3.63, 3.8) is 0 Å². The van der Waals surface area contributed by atoms with Crippen LogP contribution in [0, 0.1) is 5.82 Å². The highest BCUT2D eigenvalue weighted by molar-refractivity contribution is 6.10. The Hall–Kier alpha value is -4.38. The number of hydrogen-bond donors (Lipinski definition) is 4. The smallest absolute Gasteiger partial charge is 0.287 e. The van der Waals surface area contributed by atoms with Gasteiger partial charge in [0.2, 0.25) is 0 Å². The second-order valence-corrected chi connectivity index (χ2v) is 10.0. The fraction of sp³-hybridized carbons (Fsp3) is 0.296. The Labute approximate surface area is 219 Å². The highest BCUT2D eigenvalue weighted by atomic mass is 19.1. The molecular weight excluding hydrogens is 489 g/mol. The number of anilines is 3. The number of carbonyl (C=O) groups excluding carboxylic acids is 2. The molecule has 5 rings (SSSR count). The van der Waals surface area contributed by atoms with E-state index in [1.54, 1.807) is 44.2 Å². The molecule has 2 aromatic carbocycles. The van der Waals surface area contributed by atoms with Crippen LogP contribution in [0.15, 0.2) is 52.9 Å². The molecule has 11 heteroatoms. The number of rotatable bonds is 6. The van der Waals surface area contributed by atoms with Gasteiger partial charge < -0.3 is 30.6 Å². The van der Waals surface area contributed by atoms with E-state index in [4.69, 9.17) is 10.2 Å². The number of furan rings is 1. The third kappa shape index (κ3) is 4.92. The summed E-state index contributed by atoms with van der Waals surface area (Å²) in [5, 5.41) is 12.3. The number of carbonyl (C=O) groups is 2. The first-order valence-corrected chi connectivity index (χ1v) is 12.3. The molecule has 38 heavy (non-hydrogen) atoms. The van der Waals surface area contributed by atoms with Gasteiger partial charge in [-0.3, -0.25) is 14.7 Å². The number of H-pyrrole nitrogens is 1. The van der Waals surface area contributed by atoms with Gasteiger partial charge in [0, 0.05) is 49.2 Å². The largest absolute Gasteiger partial charge is 0.445 e. The van der Waals surface area contributed by atoms with Crippen molar-refractivity contribution in [1.82, 2.24) is 20.4 Å². The van der Waals surface area contributed by atoms with Crippen molar-refractivity contribution in [3.05, 3.63) is 71.2 Å². The van der Waals surface area contributed by atoms with E-state index in [2.05, 4.69) is 37.7 Å². The topological polar surface area (TPSA) is 133 Å². The van der Waals surface area contributed by atoms with Crippen LogP contribution in [-0.4, -0.2) is 60.1 Å². The number of aromatic nitrogens is 2. The minimum atomic E-state index is -0.994. The molecule has 5 N–H and O–H groups in total. The van der Waals surface area contributed by atoms with Crippen LogP contribution in [0.4, 0.5) is 21.6 Å². The Morgan fingerprint density at radius 3 is 2.53 bits per heavy atom. The number of nitrogen functional groups attached to an aromatic ring is 1. The van der Waals surface area contributed by atoms with Crippen molar-refractivity contribution in [2.45, 2.75) is 19.4 Å². The van der Waals surface area contributed by atoms with Crippen LogP contribution in [0.2, 0.25) is 0 Å². The first-order valence-electron chi connectivity index (χ1n) is 12.3. The Balaban J connectivity index is 1.30. The Bertz CT molecular complexity index is 1500. The summed E-state index contributed by atoms with van der Waals surface area (Å²) in [7, 11) is 2.09. The van der Waals surface area contributed by atoms with Crippen molar-refractivity contribution in [2.24, 2.45) is 0 Å². The van der Waals surface area contributed by atoms with Crippen molar-refractivity contribution in [1.29, 1.82) is 0 Å². The summed E-state index contributed by atoms with van der Waals surface area (Å²) in [5.74, 6) is -1.30. The molecular formula is C27H30FN7O3. The molecule has 0 saturated carbocycles. The lowest BCUT2D eigenvalue weighted by molar-refractivity contribution is 0.0884. The number of hydrogen-bond acceptors (Lipinski definition) is 7. The van der Waals surface area contributed by atoms with Gasteiger partial charge >= 0.3 is 0 Å². The lowest BCUT2D eigenvalue weighted by atomic mass is 9.93. The zero-order valence-electron chi connectivity index (χ0n) is 21.5. The summed E-state index contributed by atoms with van der Waals surface area (Å²) in [6.07, 6.45) is 0. The van der Waals surface area contributed by atoms with E-state index in [9.17, 15) is 14.0 Å². The van der Waals surface area contributed by atoms with Crippen molar-refractivity contribution >= 4 is 40.1 Å². The molecule has 10 nitrogen and oxygen atoms in total. The number of nitrogens with two attached hydrogens (primary N) is 1. The minimum Gasteiger partial charge on any atom is -0.445 e. The predicted molar refractivity (Wildman–Crippen MR) is 144 cm³/mol. The van der Waals surface area contributed by atoms with E-state index < -0.39 is 23.2 Å². The molecule has 0 atom stereocenters. The van der Waals surface area contributed by atoms with Gasteiger partial charge in [-0.25, -0.2) is 4.39 Å². The number of aromatic amines is 1. The van der Waals surface area contributed by atoms with Crippen LogP contribution in [0.3, 0.4) is 0 Å². The van der Waals surface area contributed by atoms with Gasteiger partial charge in [-0.2, -0.15) is 5.10 Å². The van der Waals surface area contributed by atoms with Crippen molar-refractivity contribution in [3.8, 4) is 0 Å². The maximum absolute atomic E-state index is 14.3. The molecule has 1 fully saturated rings. The normalized spacial score (nSPS) is 14.6. The second-order valence-electron chi connectivity index (χ2n) is 10.0. The molecule has 0 unspecified atom stereocenters. The molecule has 2 aromatic heterocycles. The van der Waals surface area contributed by atoms with E-state index in [1.807, 2.05) is 6.07 Å². The first-order chi connectivity index (χ1) is 18.1. The van der Waals surface area contributed by atoms with Gasteiger partial charge in [0.15, 0.2) is 17.2 Å². The second kappa shape index (κ2) is 9.82. The monoisotopic (exact) mass is 519 g/mol. The maximum atomic E-state index is 14.3. The maximum Gasteiger partial charge on any atom is 0.287 e. The fourth-order valence-corrected chi connectivity index (χ4v) is 4.59. The zero-order valence-corrected chi connectivity index (χ0v) is 21.5. The van der Waals surface area contributed by atoms with Crippen LogP contribution >= 0.6 is 0 Å². The number of likely N-dealkylation sites (N-methyl/N-ethyl adjacent to an activating group) is 1. The Morgan fingerprint density at radius 1 is 1.08 bits per heavy atom. The lowest BCUT2D eigenvalue weighted by Gasteiger charge is -2.34. The Kier molecular flexibility index (Phi) is 6.53. The summed E-state index contributed by atoms with van der Waals surface area (Å²) < 4.78 is 20.0. The van der Waals surface area contributed by atoms with Crippen LogP contribution < -0.4 is 21.3 Å². The van der Waals surface area contributed by atoms with E-state index in [0.29, 0.717) is 22.3 Å². The summed E-state index contributed by atoms with van der Waals surface area (Å²) >= 11 is 0. The molecule has 0 aliphatic carbocycles.